The van der Waals surface area contributed by atoms with Crippen LogP contribution in [0.4, 0.5) is 8.78 Å². The highest BCUT2D eigenvalue weighted by molar-refractivity contribution is 9.10. The van der Waals surface area contributed by atoms with Gasteiger partial charge in [-0.25, -0.2) is 13.8 Å². The van der Waals surface area contributed by atoms with Gasteiger partial charge in [-0.3, -0.25) is 0 Å². The number of H-pyrrole nitrogens is 1. The summed E-state index contributed by atoms with van der Waals surface area (Å²) in [6.07, 6.45) is 0. The number of rotatable bonds is 1. The van der Waals surface area contributed by atoms with Gasteiger partial charge in [0.2, 0.25) is 0 Å². The SMILES string of the molecule is Fc1cc(Br)cc(F)c1-c1nc2ccc(Br)cc2[nH]1. The van der Waals surface area contributed by atoms with E-state index in [-0.39, 0.29) is 11.4 Å². The smallest absolute Gasteiger partial charge is 0.144 e. The van der Waals surface area contributed by atoms with Gasteiger partial charge in [0, 0.05) is 8.95 Å². The summed E-state index contributed by atoms with van der Waals surface area (Å²) in [5.74, 6) is -1.15. The number of fused-ring (bicyclic) bond motifs is 1. The topological polar surface area (TPSA) is 28.7 Å². The molecule has 0 aliphatic rings. The lowest BCUT2D eigenvalue weighted by molar-refractivity contribution is 0.586. The van der Waals surface area contributed by atoms with E-state index in [4.69, 9.17) is 0 Å². The molecule has 1 N–H and O–H groups in total. The van der Waals surface area contributed by atoms with Crippen molar-refractivity contribution < 1.29 is 8.78 Å². The first-order chi connectivity index (χ1) is 9.04. The second-order valence-electron chi connectivity index (χ2n) is 3.99. The molecule has 0 fully saturated rings. The van der Waals surface area contributed by atoms with Crippen molar-refractivity contribution >= 4 is 42.9 Å². The van der Waals surface area contributed by atoms with Gasteiger partial charge in [-0.15, -0.1) is 0 Å². The second kappa shape index (κ2) is 4.68. The number of hydrogen-bond donors (Lipinski definition) is 1. The molecule has 3 rings (SSSR count). The highest BCUT2D eigenvalue weighted by Crippen LogP contribution is 2.29. The van der Waals surface area contributed by atoms with Gasteiger partial charge in [0.05, 0.1) is 16.6 Å². The van der Waals surface area contributed by atoms with Crippen LogP contribution in [0.2, 0.25) is 0 Å². The summed E-state index contributed by atoms with van der Waals surface area (Å²) >= 11 is 6.38. The molecule has 0 amide bonds. The zero-order valence-corrected chi connectivity index (χ0v) is 12.5. The lowest BCUT2D eigenvalue weighted by Crippen LogP contribution is -1.92. The van der Waals surface area contributed by atoms with Crippen LogP contribution in [0.3, 0.4) is 0 Å². The summed E-state index contributed by atoms with van der Waals surface area (Å²) in [4.78, 5) is 7.12. The Bertz CT molecular complexity index is 760. The Hall–Kier alpha value is -1.27. The first kappa shape index (κ1) is 12.7. The Labute approximate surface area is 124 Å². The van der Waals surface area contributed by atoms with Crippen LogP contribution in [-0.2, 0) is 0 Å². The summed E-state index contributed by atoms with van der Waals surface area (Å²) < 4.78 is 29.0. The molecule has 0 bridgehead atoms. The van der Waals surface area contributed by atoms with E-state index in [1.807, 2.05) is 6.07 Å². The van der Waals surface area contributed by atoms with E-state index >= 15 is 0 Å². The summed E-state index contributed by atoms with van der Waals surface area (Å²) in [6, 6.07) is 7.82. The average molecular weight is 388 g/mol. The monoisotopic (exact) mass is 386 g/mol. The number of benzene rings is 2. The molecule has 0 saturated carbocycles. The van der Waals surface area contributed by atoms with Crippen molar-refractivity contribution in [1.29, 1.82) is 0 Å². The summed E-state index contributed by atoms with van der Waals surface area (Å²) in [6.45, 7) is 0. The van der Waals surface area contributed by atoms with Crippen LogP contribution < -0.4 is 0 Å². The Morgan fingerprint density at radius 1 is 0.947 bits per heavy atom. The molecule has 0 atom stereocenters. The fourth-order valence-corrected chi connectivity index (χ4v) is 2.63. The van der Waals surface area contributed by atoms with Gasteiger partial charge in [-0.1, -0.05) is 31.9 Å². The molecule has 1 heterocycles. The molecule has 0 unspecified atom stereocenters. The third-order valence-electron chi connectivity index (χ3n) is 2.69. The zero-order chi connectivity index (χ0) is 13.6. The van der Waals surface area contributed by atoms with Crippen molar-refractivity contribution in [2.24, 2.45) is 0 Å². The maximum Gasteiger partial charge on any atom is 0.144 e. The van der Waals surface area contributed by atoms with Gasteiger partial charge < -0.3 is 4.98 Å². The summed E-state index contributed by atoms with van der Waals surface area (Å²) in [7, 11) is 0. The number of aromatic nitrogens is 2. The molecule has 0 aliphatic carbocycles. The van der Waals surface area contributed by atoms with Crippen LogP contribution in [0.15, 0.2) is 39.3 Å². The fraction of sp³-hybridized carbons (Fsp3) is 0. The minimum Gasteiger partial charge on any atom is -0.338 e. The third kappa shape index (κ3) is 2.30. The van der Waals surface area contributed by atoms with Crippen molar-refractivity contribution in [1.82, 2.24) is 9.97 Å². The molecular weight excluding hydrogens is 382 g/mol. The van der Waals surface area contributed by atoms with Gasteiger partial charge in [0.1, 0.15) is 17.5 Å². The number of aromatic amines is 1. The molecule has 6 heteroatoms. The number of imidazole rings is 1. The van der Waals surface area contributed by atoms with Crippen LogP contribution in [-0.4, -0.2) is 9.97 Å². The molecule has 0 aliphatic heterocycles. The van der Waals surface area contributed by atoms with Crippen LogP contribution in [0.5, 0.6) is 0 Å². The fourth-order valence-electron chi connectivity index (χ4n) is 1.87. The van der Waals surface area contributed by atoms with E-state index in [1.165, 1.54) is 12.1 Å². The van der Waals surface area contributed by atoms with Crippen LogP contribution in [0, 0.1) is 11.6 Å². The Kier molecular flexibility index (Phi) is 3.14. The molecule has 96 valence electrons. The van der Waals surface area contributed by atoms with E-state index < -0.39 is 11.6 Å². The van der Waals surface area contributed by atoms with Crippen molar-refractivity contribution in [2.75, 3.05) is 0 Å². The minimum absolute atomic E-state index is 0.157. The maximum absolute atomic E-state index is 13.9. The highest BCUT2D eigenvalue weighted by atomic mass is 79.9. The van der Waals surface area contributed by atoms with E-state index in [0.717, 1.165) is 4.47 Å². The maximum atomic E-state index is 13.9. The number of nitrogens with zero attached hydrogens (tertiary/aromatic N) is 1. The molecule has 19 heavy (non-hydrogen) atoms. The lowest BCUT2D eigenvalue weighted by Gasteiger charge is -2.02. The average Bonchev–Trinajstić information content (AvgIpc) is 2.69. The van der Waals surface area contributed by atoms with Crippen LogP contribution in [0.25, 0.3) is 22.4 Å². The summed E-state index contributed by atoms with van der Waals surface area (Å²) in [5, 5.41) is 0. The highest BCUT2D eigenvalue weighted by Gasteiger charge is 2.16. The van der Waals surface area contributed by atoms with Crippen LogP contribution >= 0.6 is 31.9 Å². The number of halogens is 4. The van der Waals surface area contributed by atoms with Crippen LogP contribution in [0.1, 0.15) is 0 Å². The first-order valence-corrected chi connectivity index (χ1v) is 6.93. The second-order valence-corrected chi connectivity index (χ2v) is 5.82. The lowest BCUT2D eigenvalue weighted by atomic mass is 10.2. The Morgan fingerprint density at radius 2 is 1.63 bits per heavy atom. The predicted octanol–water partition coefficient (Wildman–Crippen LogP) is 5.03. The molecule has 0 saturated heterocycles. The van der Waals surface area contributed by atoms with Crippen molar-refractivity contribution in [2.45, 2.75) is 0 Å². The predicted molar refractivity (Wildman–Crippen MR) is 76.8 cm³/mol. The molecule has 1 aromatic heterocycles. The van der Waals surface area contributed by atoms with E-state index in [2.05, 4.69) is 41.8 Å². The minimum atomic E-state index is -0.662. The third-order valence-corrected chi connectivity index (χ3v) is 3.64. The summed E-state index contributed by atoms with van der Waals surface area (Å²) in [5.41, 5.74) is 1.21. The van der Waals surface area contributed by atoms with Crippen molar-refractivity contribution in [3.05, 3.63) is 50.9 Å². The zero-order valence-electron chi connectivity index (χ0n) is 9.35. The standard InChI is InChI=1S/C13H6Br2F2N2/c14-6-1-2-10-11(5-6)19-13(18-10)12-8(16)3-7(15)4-9(12)17/h1-5H,(H,18,19). The van der Waals surface area contributed by atoms with Crippen molar-refractivity contribution in [3.63, 3.8) is 0 Å². The number of hydrogen-bond acceptors (Lipinski definition) is 1. The van der Waals surface area contributed by atoms with E-state index in [9.17, 15) is 8.78 Å². The van der Waals surface area contributed by atoms with Gasteiger partial charge in [-0.05, 0) is 30.3 Å². The van der Waals surface area contributed by atoms with Gasteiger partial charge >= 0.3 is 0 Å². The largest absolute Gasteiger partial charge is 0.338 e. The first-order valence-electron chi connectivity index (χ1n) is 5.35. The normalized spacial score (nSPS) is 11.2. The molecule has 3 aromatic rings. The molecule has 0 radical (unpaired) electrons. The van der Waals surface area contributed by atoms with Gasteiger partial charge in [0.25, 0.3) is 0 Å². The quantitative estimate of drug-likeness (QED) is 0.623. The van der Waals surface area contributed by atoms with Crippen molar-refractivity contribution in [3.8, 4) is 11.4 Å². The molecular formula is C13H6Br2F2N2. The number of nitrogens with one attached hydrogen (secondary N) is 1. The Morgan fingerprint density at radius 3 is 2.32 bits per heavy atom. The van der Waals surface area contributed by atoms with Gasteiger partial charge in [-0.2, -0.15) is 0 Å². The molecule has 0 spiro atoms. The van der Waals surface area contributed by atoms with E-state index in [1.54, 1.807) is 12.1 Å². The van der Waals surface area contributed by atoms with E-state index in [0.29, 0.717) is 15.5 Å². The van der Waals surface area contributed by atoms with Gasteiger partial charge in [0.15, 0.2) is 0 Å². The molecule has 2 nitrogen and oxygen atoms in total. The molecule has 2 aromatic carbocycles. The Balaban J connectivity index is 2.24.